The van der Waals surface area contributed by atoms with Crippen molar-refractivity contribution in [2.75, 3.05) is 0 Å². The van der Waals surface area contributed by atoms with Gasteiger partial charge in [0.2, 0.25) is 0 Å². The third kappa shape index (κ3) is 3.88. The highest BCUT2D eigenvalue weighted by Crippen LogP contribution is 2.50. The minimum absolute atomic E-state index is 1.07. The maximum atomic E-state index is 3.87. The largest absolute Gasteiger partial charge is 0.0616 e. The van der Waals surface area contributed by atoms with Gasteiger partial charge in [-0.1, -0.05) is 141 Å². The lowest BCUT2D eigenvalue weighted by molar-refractivity contribution is 1.67. The van der Waals surface area contributed by atoms with Gasteiger partial charge in [0.15, 0.2) is 0 Å². The minimum atomic E-state index is 1.07. The quantitative estimate of drug-likeness (QED) is 0.159. The highest BCUT2D eigenvalue weighted by Gasteiger charge is 2.22. The first-order chi connectivity index (χ1) is 21.7. The van der Waals surface area contributed by atoms with Crippen molar-refractivity contribution in [3.05, 3.63) is 155 Å². The average Bonchev–Trinajstić information content (AvgIpc) is 3.05. The van der Waals surface area contributed by atoms with Gasteiger partial charge in [0.1, 0.15) is 0 Å². The fraction of sp³-hybridized carbons (Fsp3) is 0. The Bertz CT molecular complexity index is 2340. The summed E-state index contributed by atoms with van der Waals surface area (Å²) < 4.78 is 2.14. The van der Waals surface area contributed by atoms with E-state index in [-0.39, 0.29) is 0 Å². The van der Waals surface area contributed by atoms with E-state index < -0.39 is 0 Å². The molecule has 0 nitrogen and oxygen atoms in total. The molecule has 9 rings (SSSR count). The first kappa shape index (κ1) is 25.9. The van der Waals surface area contributed by atoms with Crippen LogP contribution >= 0.6 is 31.9 Å². The molecule has 0 aliphatic heterocycles. The van der Waals surface area contributed by atoms with Crippen LogP contribution < -0.4 is 0 Å². The summed E-state index contributed by atoms with van der Waals surface area (Å²) in [5.41, 5.74) is 5.10. The first-order valence-electron chi connectivity index (χ1n) is 14.8. The van der Waals surface area contributed by atoms with E-state index in [1.165, 1.54) is 86.9 Å². The molecule has 0 aliphatic carbocycles. The van der Waals surface area contributed by atoms with Crippen molar-refractivity contribution in [1.29, 1.82) is 0 Å². The van der Waals surface area contributed by atoms with Gasteiger partial charge in [0.25, 0.3) is 0 Å². The third-order valence-electron chi connectivity index (χ3n) is 9.08. The van der Waals surface area contributed by atoms with Crippen molar-refractivity contribution in [3.8, 4) is 22.3 Å². The molecule has 0 aliphatic rings. The van der Waals surface area contributed by atoms with Gasteiger partial charge in [-0.2, -0.15) is 0 Å². The van der Waals surface area contributed by atoms with Gasteiger partial charge in [0, 0.05) is 8.95 Å². The second-order valence-corrected chi connectivity index (χ2v) is 13.3. The van der Waals surface area contributed by atoms with E-state index in [0.29, 0.717) is 0 Å². The predicted octanol–water partition coefficient (Wildman–Crippen LogP) is 13.5. The molecule has 0 aromatic heterocycles. The molecule has 0 unspecified atom stereocenters. The monoisotopic (exact) mass is 686 g/mol. The Morgan fingerprint density at radius 1 is 0.250 bits per heavy atom. The molecule has 0 amide bonds. The van der Waals surface area contributed by atoms with E-state index in [0.717, 1.165) is 8.95 Å². The van der Waals surface area contributed by atoms with Gasteiger partial charge in [-0.05, 0) is 123 Å². The van der Waals surface area contributed by atoms with Crippen molar-refractivity contribution < 1.29 is 0 Å². The molecule has 0 N–H and O–H groups in total. The van der Waals surface area contributed by atoms with Crippen LogP contribution in [0.15, 0.2) is 155 Å². The summed E-state index contributed by atoms with van der Waals surface area (Å²) in [7, 11) is 0. The molecule has 0 heterocycles. The summed E-state index contributed by atoms with van der Waals surface area (Å²) in [6, 6.07) is 53.5. The summed E-state index contributed by atoms with van der Waals surface area (Å²) >= 11 is 7.73. The molecule has 9 aromatic rings. The lowest BCUT2D eigenvalue weighted by atomic mass is 9.81. The zero-order valence-electron chi connectivity index (χ0n) is 23.6. The Morgan fingerprint density at radius 2 is 0.545 bits per heavy atom. The fourth-order valence-corrected chi connectivity index (χ4v) is 8.00. The van der Waals surface area contributed by atoms with E-state index in [1.807, 2.05) is 0 Å². The average molecular weight is 688 g/mol. The number of benzene rings is 9. The van der Waals surface area contributed by atoms with E-state index in [2.05, 4.69) is 177 Å². The van der Waals surface area contributed by atoms with Crippen LogP contribution in [0.4, 0.5) is 0 Å². The van der Waals surface area contributed by atoms with Crippen molar-refractivity contribution >= 4 is 96.5 Å². The van der Waals surface area contributed by atoms with Crippen LogP contribution in [-0.2, 0) is 0 Å². The summed E-state index contributed by atoms with van der Waals surface area (Å²) in [6.45, 7) is 0. The standard InChI is InChI=1S/C42H24Br2/c43-29-18-20-36-37(23-29)41(39-31-13-5-1-9-25(31)21-26-10-2-6-14-32(26)39)35-19-17-30(44)24-38(35)42(36)40-33-15-7-3-11-27(33)22-28-12-4-8-16-34(28)40/h1-24H. The fourth-order valence-electron chi connectivity index (χ4n) is 7.28. The van der Waals surface area contributed by atoms with Crippen LogP contribution in [-0.4, -0.2) is 0 Å². The van der Waals surface area contributed by atoms with Crippen LogP contribution in [0.1, 0.15) is 0 Å². The van der Waals surface area contributed by atoms with Gasteiger partial charge in [0.05, 0.1) is 0 Å². The first-order valence-corrected chi connectivity index (χ1v) is 16.4. The number of hydrogen-bond donors (Lipinski definition) is 0. The summed E-state index contributed by atoms with van der Waals surface area (Å²) in [5, 5.41) is 15.0. The molecule has 9 aromatic carbocycles. The van der Waals surface area contributed by atoms with Crippen LogP contribution in [0, 0.1) is 0 Å². The van der Waals surface area contributed by atoms with Crippen molar-refractivity contribution in [2.24, 2.45) is 0 Å². The SMILES string of the molecule is Brc1ccc2c(-c3c4ccccc4cc4ccccc34)c3cc(Br)ccc3c(-c3c4ccccc4cc4ccccc34)c2c1. The Balaban J connectivity index is 1.58. The van der Waals surface area contributed by atoms with Crippen molar-refractivity contribution in [1.82, 2.24) is 0 Å². The maximum absolute atomic E-state index is 3.87. The second-order valence-electron chi connectivity index (χ2n) is 11.5. The highest BCUT2D eigenvalue weighted by atomic mass is 79.9. The molecule has 0 saturated carbocycles. The smallest absolute Gasteiger partial charge is 0.0181 e. The number of halogens is 2. The molecular formula is C42H24Br2. The molecule has 0 atom stereocenters. The predicted molar refractivity (Wildman–Crippen MR) is 198 cm³/mol. The van der Waals surface area contributed by atoms with Crippen molar-refractivity contribution in [2.45, 2.75) is 0 Å². The van der Waals surface area contributed by atoms with Crippen LogP contribution in [0.3, 0.4) is 0 Å². The summed E-state index contributed by atoms with van der Waals surface area (Å²) in [4.78, 5) is 0. The lowest BCUT2D eigenvalue weighted by Gasteiger charge is -2.22. The maximum Gasteiger partial charge on any atom is 0.0181 e. The zero-order chi connectivity index (χ0) is 29.4. The Labute approximate surface area is 271 Å². The van der Waals surface area contributed by atoms with Gasteiger partial charge in [-0.15, -0.1) is 0 Å². The van der Waals surface area contributed by atoms with E-state index in [1.54, 1.807) is 0 Å². The molecule has 206 valence electrons. The third-order valence-corrected chi connectivity index (χ3v) is 10.1. The molecule has 0 spiro atoms. The summed E-state index contributed by atoms with van der Waals surface area (Å²) in [5.74, 6) is 0. The molecule has 0 bridgehead atoms. The van der Waals surface area contributed by atoms with Crippen LogP contribution in [0.25, 0.3) is 86.9 Å². The molecule has 44 heavy (non-hydrogen) atoms. The normalized spacial score (nSPS) is 11.9. The van der Waals surface area contributed by atoms with E-state index in [4.69, 9.17) is 0 Å². The second kappa shape index (κ2) is 10.0. The lowest BCUT2D eigenvalue weighted by Crippen LogP contribution is -1.94. The Kier molecular flexibility index (Phi) is 5.91. The van der Waals surface area contributed by atoms with Crippen molar-refractivity contribution in [3.63, 3.8) is 0 Å². The van der Waals surface area contributed by atoms with Gasteiger partial charge in [-0.25, -0.2) is 0 Å². The Morgan fingerprint density at radius 3 is 0.886 bits per heavy atom. The van der Waals surface area contributed by atoms with Gasteiger partial charge in [-0.3, -0.25) is 0 Å². The number of rotatable bonds is 2. The van der Waals surface area contributed by atoms with Crippen LogP contribution in [0.2, 0.25) is 0 Å². The molecule has 2 heteroatoms. The molecule has 0 saturated heterocycles. The van der Waals surface area contributed by atoms with E-state index >= 15 is 0 Å². The molecular weight excluding hydrogens is 664 g/mol. The van der Waals surface area contributed by atoms with E-state index in [9.17, 15) is 0 Å². The minimum Gasteiger partial charge on any atom is -0.0616 e. The van der Waals surface area contributed by atoms with Gasteiger partial charge < -0.3 is 0 Å². The number of fused-ring (bicyclic) bond motifs is 6. The zero-order valence-corrected chi connectivity index (χ0v) is 26.8. The highest BCUT2D eigenvalue weighted by molar-refractivity contribution is 9.10. The number of hydrogen-bond acceptors (Lipinski definition) is 0. The molecule has 0 fully saturated rings. The van der Waals surface area contributed by atoms with Crippen LogP contribution in [0.5, 0.6) is 0 Å². The Hall–Kier alpha value is -4.50. The molecule has 0 radical (unpaired) electrons. The van der Waals surface area contributed by atoms with Gasteiger partial charge >= 0.3 is 0 Å². The summed E-state index contributed by atoms with van der Waals surface area (Å²) in [6.07, 6.45) is 0. The topological polar surface area (TPSA) is 0 Å².